The number of imidazole rings is 1. The molecule has 5 rings (SSSR count). The van der Waals surface area contributed by atoms with Gasteiger partial charge in [0, 0.05) is 21.6 Å². The molecular weight excluding hydrogens is 461 g/mol. The van der Waals surface area contributed by atoms with Gasteiger partial charge in [-0.2, -0.15) is 0 Å². The van der Waals surface area contributed by atoms with E-state index in [0.717, 1.165) is 28.2 Å². The van der Waals surface area contributed by atoms with Gasteiger partial charge in [0.1, 0.15) is 12.0 Å². The van der Waals surface area contributed by atoms with Gasteiger partial charge in [0.15, 0.2) is 5.78 Å². The van der Waals surface area contributed by atoms with E-state index in [9.17, 15) is 4.79 Å². The number of benzene rings is 2. The molecule has 5 heteroatoms. The number of Topliss-reactive ketones (excluding diaryl/α,β-unsaturated/α-hetero) is 1. The lowest BCUT2D eigenvalue weighted by Gasteiger charge is -2.14. The summed E-state index contributed by atoms with van der Waals surface area (Å²) in [6.07, 6.45) is 4.29. The van der Waals surface area contributed by atoms with Crippen molar-refractivity contribution in [1.29, 1.82) is 0 Å². The molecule has 0 radical (unpaired) electrons. The smallest absolute Gasteiger partial charge is 0.180 e. The maximum Gasteiger partial charge on any atom is 0.180 e. The van der Waals surface area contributed by atoms with Crippen LogP contribution < -0.4 is 0 Å². The Bertz CT molecular complexity index is 1140. The molecule has 0 saturated heterocycles. The van der Waals surface area contributed by atoms with Gasteiger partial charge in [0.05, 0.1) is 23.1 Å². The van der Waals surface area contributed by atoms with Gasteiger partial charge in [-0.05, 0) is 72.0 Å². The predicted molar refractivity (Wildman–Crippen MR) is 119 cm³/mol. The largest absolute Gasteiger partial charge is 0.300 e. The Morgan fingerprint density at radius 3 is 2.64 bits per heavy atom. The van der Waals surface area contributed by atoms with Gasteiger partial charge in [0.25, 0.3) is 0 Å². The van der Waals surface area contributed by atoms with E-state index in [1.807, 2.05) is 6.92 Å². The first-order valence-corrected chi connectivity index (χ1v) is 10.7. The predicted octanol–water partition coefficient (Wildman–Crippen LogP) is 5.47. The summed E-state index contributed by atoms with van der Waals surface area (Å²) in [6, 6.07) is 14.9. The lowest BCUT2D eigenvalue weighted by molar-refractivity contribution is 0.101. The van der Waals surface area contributed by atoms with Crippen LogP contribution in [0.1, 0.15) is 71.5 Å². The maximum absolute atomic E-state index is 12.2. The second-order valence-corrected chi connectivity index (χ2v) is 8.75. The molecule has 28 heavy (non-hydrogen) atoms. The van der Waals surface area contributed by atoms with Crippen molar-refractivity contribution in [3.63, 3.8) is 0 Å². The minimum atomic E-state index is -0.163. The number of ketones is 1. The van der Waals surface area contributed by atoms with Crippen LogP contribution in [0.15, 0.2) is 53.8 Å². The third kappa shape index (κ3) is 2.83. The molecule has 140 valence electrons. The van der Waals surface area contributed by atoms with E-state index < -0.39 is 0 Å². The first kappa shape index (κ1) is 17.8. The summed E-state index contributed by atoms with van der Waals surface area (Å²) in [6.45, 7) is 3.62. The molecule has 2 aromatic carbocycles. The van der Waals surface area contributed by atoms with Crippen LogP contribution in [-0.4, -0.2) is 21.0 Å². The van der Waals surface area contributed by atoms with Crippen LogP contribution in [0.25, 0.3) is 5.69 Å². The molecular formula is C23H20IN3O. The third-order valence-corrected chi connectivity index (χ3v) is 6.51. The molecule has 0 N–H and O–H groups in total. The molecule has 1 fully saturated rings. The van der Waals surface area contributed by atoms with Crippen molar-refractivity contribution in [3.05, 3.63) is 80.4 Å². The first-order valence-electron chi connectivity index (χ1n) is 9.60. The highest BCUT2D eigenvalue weighted by atomic mass is 127. The van der Waals surface area contributed by atoms with Gasteiger partial charge >= 0.3 is 0 Å². The molecule has 4 nitrogen and oxygen atoms in total. The summed E-state index contributed by atoms with van der Waals surface area (Å²) in [4.78, 5) is 21.7. The van der Waals surface area contributed by atoms with Crippen LogP contribution in [-0.2, 0) is 0 Å². The van der Waals surface area contributed by atoms with Crippen molar-refractivity contribution >= 4 is 34.1 Å². The number of carbonyl (C=O) groups is 1. The minimum Gasteiger partial charge on any atom is -0.300 e. The first-order chi connectivity index (χ1) is 13.5. The molecule has 2 heterocycles. The molecule has 1 atom stereocenters. The molecule has 0 spiro atoms. The van der Waals surface area contributed by atoms with E-state index >= 15 is 0 Å². The normalized spacial score (nSPS) is 18.1. The Kier molecular flexibility index (Phi) is 4.23. The SMILES string of the molecule is CC(=O)c1ncn2c1[C@H](C)N=C(c1ccccc1I)c1cc(C3CC3)ccc1-2. The van der Waals surface area contributed by atoms with Gasteiger partial charge in [0.2, 0.25) is 0 Å². The van der Waals surface area contributed by atoms with Crippen molar-refractivity contribution in [3.8, 4) is 5.69 Å². The molecule has 0 bridgehead atoms. The van der Waals surface area contributed by atoms with Gasteiger partial charge in [-0.3, -0.25) is 14.4 Å². The fraction of sp³-hybridized carbons (Fsp3) is 0.261. The van der Waals surface area contributed by atoms with Crippen LogP contribution in [0.3, 0.4) is 0 Å². The van der Waals surface area contributed by atoms with Gasteiger partial charge in [-0.15, -0.1) is 0 Å². The van der Waals surface area contributed by atoms with Crippen molar-refractivity contribution in [2.75, 3.05) is 0 Å². The molecule has 1 aliphatic carbocycles. The second-order valence-electron chi connectivity index (χ2n) is 7.59. The Morgan fingerprint density at radius 1 is 1.14 bits per heavy atom. The maximum atomic E-state index is 12.2. The lowest BCUT2D eigenvalue weighted by atomic mass is 9.97. The number of fused-ring (bicyclic) bond motifs is 3. The Hall–Kier alpha value is -2.28. The monoisotopic (exact) mass is 481 g/mol. The Morgan fingerprint density at radius 2 is 1.93 bits per heavy atom. The average Bonchev–Trinajstić information content (AvgIpc) is 3.45. The summed E-state index contributed by atoms with van der Waals surface area (Å²) >= 11 is 2.38. The van der Waals surface area contributed by atoms with E-state index in [4.69, 9.17) is 4.99 Å². The van der Waals surface area contributed by atoms with Gasteiger partial charge < -0.3 is 0 Å². The molecule has 0 amide bonds. The fourth-order valence-corrected chi connectivity index (χ4v) is 4.68. The molecule has 1 saturated carbocycles. The van der Waals surface area contributed by atoms with Crippen LogP contribution in [0.2, 0.25) is 0 Å². The summed E-state index contributed by atoms with van der Waals surface area (Å²) < 4.78 is 3.23. The molecule has 1 aromatic heterocycles. The lowest BCUT2D eigenvalue weighted by Crippen LogP contribution is -2.09. The number of halogens is 1. The number of hydrogen-bond donors (Lipinski definition) is 0. The number of aromatic nitrogens is 2. The quantitative estimate of drug-likeness (QED) is 0.368. The van der Waals surface area contributed by atoms with Crippen LogP contribution in [0, 0.1) is 3.57 Å². The summed E-state index contributed by atoms with van der Waals surface area (Å²) in [5.74, 6) is 0.641. The number of rotatable bonds is 3. The number of carbonyl (C=O) groups excluding carboxylic acids is 1. The van der Waals surface area contributed by atoms with Crippen LogP contribution >= 0.6 is 22.6 Å². The van der Waals surface area contributed by atoms with E-state index in [1.54, 1.807) is 13.3 Å². The average molecular weight is 481 g/mol. The standard InChI is InChI=1S/C23H20IN3O/c1-13-23-21(14(2)28)25-12-27(23)20-10-9-16(15-7-8-15)11-18(20)22(26-13)17-5-3-4-6-19(17)24/h3-6,9-13,15H,7-8H2,1-2H3/t13-/m0/s1. The molecule has 3 aromatic rings. The molecule has 0 unspecified atom stereocenters. The Balaban J connectivity index is 1.81. The molecule has 1 aliphatic heterocycles. The summed E-state index contributed by atoms with van der Waals surface area (Å²) in [7, 11) is 0. The summed E-state index contributed by atoms with van der Waals surface area (Å²) in [5.41, 5.74) is 7.04. The fourth-order valence-electron chi connectivity index (χ4n) is 4.04. The number of aliphatic imine (C=N–C) groups is 1. The third-order valence-electron chi connectivity index (χ3n) is 5.57. The number of hydrogen-bond acceptors (Lipinski definition) is 3. The highest BCUT2D eigenvalue weighted by molar-refractivity contribution is 14.1. The van der Waals surface area contributed by atoms with E-state index in [1.165, 1.54) is 22.0 Å². The van der Waals surface area contributed by atoms with Crippen molar-refractivity contribution in [2.45, 2.75) is 38.6 Å². The zero-order valence-corrected chi connectivity index (χ0v) is 18.0. The molecule has 2 aliphatic rings. The van der Waals surface area contributed by atoms with Crippen LogP contribution in [0.4, 0.5) is 0 Å². The number of nitrogens with zero attached hydrogens (tertiary/aromatic N) is 3. The minimum absolute atomic E-state index is 0.0234. The topological polar surface area (TPSA) is 47.2 Å². The zero-order chi connectivity index (χ0) is 19.4. The Labute approximate surface area is 177 Å². The van der Waals surface area contributed by atoms with E-state index in [2.05, 4.69) is 74.6 Å². The highest BCUT2D eigenvalue weighted by Crippen LogP contribution is 2.42. The van der Waals surface area contributed by atoms with Crippen molar-refractivity contribution in [2.24, 2.45) is 4.99 Å². The van der Waals surface area contributed by atoms with E-state index in [0.29, 0.717) is 11.6 Å². The zero-order valence-electron chi connectivity index (χ0n) is 15.8. The second kappa shape index (κ2) is 6.65. The van der Waals surface area contributed by atoms with Gasteiger partial charge in [-0.25, -0.2) is 4.98 Å². The van der Waals surface area contributed by atoms with Crippen molar-refractivity contribution in [1.82, 2.24) is 9.55 Å². The van der Waals surface area contributed by atoms with Crippen LogP contribution in [0.5, 0.6) is 0 Å². The summed E-state index contributed by atoms with van der Waals surface area (Å²) in [5, 5.41) is 0. The van der Waals surface area contributed by atoms with Crippen molar-refractivity contribution < 1.29 is 4.79 Å². The highest BCUT2D eigenvalue weighted by Gasteiger charge is 2.30. The van der Waals surface area contributed by atoms with E-state index in [-0.39, 0.29) is 11.8 Å². The van der Waals surface area contributed by atoms with Gasteiger partial charge in [-0.1, -0.05) is 24.3 Å².